The molecule has 1 aromatic heterocycles. The average molecular weight is 302 g/mol. The van der Waals surface area contributed by atoms with E-state index in [9.17, 15) is 9.59 Å². The third-order valence-corrected chi connectivity index (χ3v) is 3.21. The monoisotopic (exact) mass is 302 g/mol. The van der Waals surface area contributed by atoms with Crippen LogP contribution in [0, 0.1) is 0 Å². The predicted molar refractivity (Wildman–Crippen MR) is 79.8 cm³/mol. The number of carboxylic acids is 1. The zero-order chi connectivity index (χ0) is 16.2. The van der Waals surface area contributed by atoms with Gasteiger partial charge in [-0.05, 0) is 38.5 Å². The third kappa shape index (κ3) is 4.15. The molecule has 0 unspecified atom stereocenters. The van der Waals surface area contributed by atoms with E-state index < -0.39 is 11.5 Å². The maximum absolute atomic E-state index is 12.3. The summed E-state index contributed by atoms with van der Waals surface area (Å²) in [6, 6.07) is 6.98. The largest absolute Gasteiger partial charge is 0.481 e. The summed E-state index contributed by atoms with van der Waals surface area (Å²) in [4.78, 5) is 23.0. The van der Waals surface area contributed by atoms with Crippen molar-refractivity contribution in [3.63, 3.8) is 0 Å². The summed E-state index contributed by atoms with van der Waals surface area (Å²) in [6.07, 6.45) is 3.61. The summed E-state index contributed by atoms with van der Waals surface area (Å²) in [5.74, 6) is -1.13. The Balaban J connectivity index is 2.09. The van der Waals surface area contributed by atoms with E-state index in [0.29, 0.717) is 12.0 Å². The number of aliphatic carboxylic acids is 1. The molecule has 116 valence electrons. The van der Waals surface area contributed by atoms with Crippen LogP contribution in [0.3, 0.4) is 0 Å². The molecule has 7 nitrogen and oxygen atoms in total. The van der Waals surface area contributed by atoms with Crippen LogP contribution in [0.25, 0.3) is 5.69 Å². The maximum Gasteiger partial charge on any atom is 0.303 e. The molecule has 0 fully saturated rings. The highest BCUT2D eigenvalue weighted by Crippen LogP contribution is 2.14. The van der Waals surface area contributed by atoms with Crippen LogP contribution >= 0.6 is 0 Å². The molecule has 1 amide bonds. The van der Waals surface area contributed by atoms with Gasteiger partial charge in [-0.25, -0.2) is 4.68 Å². The Hall–Kier alpha value is -2.70. The normalized spacial score (nSPS) is 11.2. The highest BCUT2D eigenvalue weighted by molar-refractivity contribution is 5.95. The van der Waals surface area contributed by atoms with Gasteiger partial charge in [0.25, 0.3) is 5.91 Å². The Labute approximate surface area is 128 Å². The molecule has 7 heteroatoms. The second-order valence-electron chi connectivity index (χ2n) is 5.63. The number of carbonyl (C=O) groups is 2. The molecule has 2 N–H and O–H groups in total. The summed E-state index contributed by atoms with van der Waals surface area (Å²) in [5.41, 5.74) is 0.614. The van der Waals surface area contributed by atoms with Crippen molar-refractivity contribution < 1.29 is 14.7 Å². The quantitative estimate of drug-likeness (QED) is 0.845. The van der Waals surface area contributed by atoms with Crippen molar-refractivity contribution in [3.8, 4) is 5.69 Å². The summed E-state index contributed by atoms with van der Waals surface area (Å²) >= 11 is 0. The first kappa shape index (κ1) is 15.7. The summed E-state index contributed by atoms with van der Waals surface area (Å²) in [7, 11) is 0. The highest BCUT2D eigenvalue weighted by atomic mass is 16.4. The molecule has 22 heavy (non-hydrogen) atoms. The van der Waals surface area contributed by atoms with Crippen LogP contribution < -0.4 is 5.32 Å². The van der Waals surface area contributed by atoms with Gasteiger partial charge in [0.15, 0.2) is 0 Å². The van der Waals surface area contributed by atoms with E-state index in [1.807, 2.05) is 6.07 Å². The van der Waals surface area contributed by atoms with E-state index in [2.05, 4.69) is 15.6 Å². The molecule has 0 radical (unpaired) electrons. The number of aromatic nitrogens is 3. The number of carbonyl (C=O) groups excluding carboxylic acids is 1. The van der Waals surface area contributed by atoms with E-state index >= 15 is 0 Å². The second-order valence-corrected chi connectivity index (χ2v) is 5.63. The Bertz CT molecular complexity index is 665. The topological polar surface area (TPSA) is 97.1 Å². The van der Waals surface area contributed by atoms with E-state index in [1.165, 1.54) is 0 Å². The van der Waals surface area contributed by atoms with E-state index in [1.54, 1.807) is 49.1 Å². The zero-order valence-corrected chi connectivity index (χ0v) is 12.5. The maximum atomic E-state index is 12.3. The highest BCUT2D eigenvalue weighted by Gasteiger charge is 2.22. The number of nitrogens with one attached hydrogen (secondary N) is 1. The molecule has 0 atom stereocenters. The molecule has 0 spiro atoms. The number of amides is 1. The van der Waals surface area contributed by atoms with Gasteiger partial charge >= 0.3 is 5.97 Å². The SMILES string of the molecule is CC(C)(CCC(=O)O)NC(=O)c1cccc(-n2ccnn2)c1. The van der Waals surface area contributed by atoms with Gasteiger partial charge in [-0.1, -0.05) is 11.3 Å². The minimum Gasteiger partial charge on any atom is -0.481 e. The van der Waals surface area contributed by atoms with Crippen LogP contribution in [-0.4, -0.2) is 37.5 Å². The first-order valence-electron chi connectivity index (χ1n) is 6.88. The van der Waals surface area contributed by atoms with Crippen molar-refractivity contribution in [2.45, 2.75) is 32.2 Å². The summed E-state index contributed by atoms with van der Waals surface area (Å²) < 4.78 is 1.56. The van der Waals surface area contributed by atoms with Gasteiger partial charge in [0.05, 0.1) is 18.1 Å². The minimum atomic E-state index is -0.879. The van der Waals surface area contributed by atoms with Gasteiger partial charge in [-0.3, -0.25) is 9.59 Å². The molecule has 1 aromatic carbocycles. The third-order valence-electron chi connectivity index (χ3n) is 3.21. The first-order chi connectivity index (χ1) is 10.4. The van der Waals surface area contributed by atoms with Crippen molar-refractivity contribution in [2.75, 3.05) is 0 Å². The van der Waals surface area contributed by atoms with Gasteiger partial charge in [-0.2, -0.15) is 0 Å². The molecule has 1 heterocycles. The second kappa shape index (κ2) is 6.38. The fraction of sp³-hybridized carbons (Fsp3) is 0.333. The van der Waals surface area contributed by atoms with Crippen LogP contribution in [-0.2, 0) is 4.79 Å². The Morgan fingerprint density at radius 2 is 2.14 bits per heavy atom. The van der Waals surface area contributed by atoms with Crippen LogP contribution in [0.4, 0.5) is 0 Å². The Morgan fingerprint density at radius 1 is 1.36 bits per heavy atom. The minimum absolute atomic E-state index is 0.00623. The van der Waals surface area contributed by atoms with Crippen molar-refractivity contribution in [1.29, 1.82) is 0 Å². The van der Waals surface area contributed by atoms with Gasteiger partial charge in [0, 0.05) is 17.5 Å². The summed E-state index contributed by atoms with van der Waals surface area (Å²) in [5, 5.41) is 19.2. The van der Waals surface area contributed by atoms with E-state index in [-0.39, 0.29) is 12.3 Å². The van der Waals surface area contributed by atoms with Crippen molar-refractivity contribution in [1.82, 2.24) is 20.3 Å². The molecule has 0 bridgehead atoms. The lowest BCUT2D eigenvalue weighted by Crippen LogP contribution is -2.43. The summed E-state index contributed by atoms with van der Waals surface area (Å²) in [6.45, 7) is 3.60. The lowest BCUT2D eigenvalue weighted by molar-refractivity contribution is -0.137. The number of nitrogens with zero attached hydrogens (tertiary/aromatic N) is 3. The lowest BCUT2D eigenvalue weighted by atomic mass is 9.97. The zero-order valence-electron chi connectivity index (χ0n) is 12.5. The molecular formula is C15H18N4O3. The van der Waals surface area contributed by atoms with E-state index in [4.69, 9.17) is 5.11 Å². The van der Waals surface area contributed by atoms with Crippen LogP contribution in [0.5, 0.6) is 0 Å². The van der Waals surface area contributed by atoms with Crippen molar-refractivity contribution >= 4 is 11.9 Å². The predicted octanol–water partition coefficient (Wildman–Crippen LogP) is 1.64. The molecule has 0 saturated heterocycles. The number of hydrogen-bond acceptors (Lipinski definition) is 4. The number of rotatable bonds is 6. The van der Waals surface area contributed by atoms with Crippen molar-refractivity contribution in [2.24, 2.45) is 0 Å². The molecule has 2 rings (SSSR count). The average Bonchev–Trinajstić information content (AvgIpc) is 2.99. The fourth-order valence-electron chi connectivity index (χ4n) is 2.00. The van der Waals surface area contributed by atoms with Crippen LogP contribution in [0.2, 0.25) is 0 Å². The van der Waals surface area contributed by atoms with E-state index in [0.717, 1.165) is 5.69 Å². The standard InChI is InChI=1S/C15H18N4O3/c1-15(2,7-6-13(20)21)17-14(22)11-4-3-5-12(10-11)19-9-8-16-18-19/h3-5,8-10H,6-7H2,1-2H3,(H,17,22)(H,20,21). The lowest BCUT2D eigenvalue weighted by Gasteiger charge is -2.25. The number of benzene rings is 1. The van der Waals surface area contributed by atoms with Crippen LogP contribution in [0.15, 0.2) is 36.7 Å². The Morgan fingerprint density at radius 3 is 2.77 bits per heavy atom. The van der Waals surface area contributed by atoms with Crippen LogP contribution in [0.1, 0.15) is 37.0 Å². The molecule has 0 aliphatic carbocycles. The van der Waals surface area contributed by atoms with Gasteiger partial charge in [0.2, 0.25) is 0 Å². The molecular weight excluding hydrogens is 284 g/mol. The van der Waals surface area contributed by atoms with Gasteiger partial charge in [0.1, 0.15) is 0 Å². The number of hydrogen-bond donors (Lipinski definition) is 2. The van der Waals surface area contributed by atoms with Gasteiger partial charge in [-0.15, -0.1) is 5.10 Å². The van der Waals surface area contributed by atoms with Crippen molar-refractivity contribution in [3.05, 3.63) is 42.2 Å². The molecule has 2 aromatic rings. The smallest absolute Gasteiger partial charge is 0.303 e. The van der Waals surface area contributed by atoms with Gasteiger partial charge < -0.3 is 10.4 Å². The molecule has 0 aliphatic heterocycles. The first-order valence-corrected chi connectivity index (χ1v) is 6.88. The Kier molecular flexibility index (Phi) is 4.55. The number of carboxylic acid groups (broad SMARTS) is 1. The molecule has 0 saturated carbocycles. The molecule has 0 aliphatic rings. The fourth-order valence-corrected chi connectivity index (χ4v) is 2.00.